The first-order chi connectivity index (χ1) is 11.7. The number of carbonyl (C=O) groups is 1. The zero-order chi connectivity index (χ0) is 17.2. The molecule has 0 heterocycles. The third-order valence-corrected chi connectivity index (χ3v) is 4.64. The normalized spacial score (nSPS) is 10.4. The molecule has 128 valence electrons. The largest absolute Gasteiger partial charge is 0.494 e. The topological polar surface area (TPSA) is 38.3 Å². The van der Waals surface area contributed by atoms with E-state index in [0.29, 0.717) is 12.2 Å². The number of unbranched alkanes of at least 4 members (excludes halogenated alkanes) is 1. The van der Waals surface area contributed by atoms with Gasteiger partial charge >= 0.3 is 0 Å². The minimum atomic E-state index is -0.0162. The molecular weight excluding hydrogens is 318 g/mol. The van der Waals surface area contributed by atoms with Gasteiger partial charge in [0.15, 0.2) is 0 Å². The summed E-state index contributed by atoms with van der Waals surface area (Å²) in [7, 11) is 0. The summed E-state index contributed by atoms with van der Waals surface area (Å²) in [6, 6.07) is 15.9. The minimum absolute atomic E-state index is 0.0162. The lowest BCUT2D eigenvalue weighted by Gasteiger charge is -2.12. The van der Waals surface area contributed by atoms with E-state index in [2.05, 4.69) is 24.4 Å². The first-order valence-electron chi connectivity index (χ1n) is 8.46. The van der Waals surface area contributed by atoms with Crippen LogP contribution in [0.15, 0.2) is 53.4 Å². The standard InChI is InChI=1S/C20H25NO2S/c1-3-5-13-21-20(22)16-11-12-19(23-4-2)17(14-16)15-24-18-9-7-6-8-10-18/h6-12,14H,3-5,13,15H2,1-2H3,(H,21,22). The third kappa shape index (κ3) is 5.60. The molecule has 0 unspecified atom stereocenters. The van der Waals surface area contributed by atoms with Gasteiger partial charge in [-0.2, -0.15) is 0 Å². The molecule has 0 spiro atoms. The molecule has 0 aliphatic rings. The summed E-state index contributed by atoms with van der Waals surface area (Å²) in [6.07, 6.45) is 2.07. The first-order valence-corrected chi connectivity index (χ1v) is 9.45. The maximum absolute atomic E-state index is 12.3. The van der Waals surface area contributed by atoms with E-state index in [9.17, 15) is 4.79 Å². The monoisotopic (exact) mass is 343 g/mol. The molecule has 4 heteroatoms. The number of hydrogen-bond acceptors (Lipinski definition) is 3. The maximum atomic E-state index is 12.3. The highest BCUT2D eigenvalue weighted by Gasteiger charge is 2.11. The van der Waals surface area contributed by atoms with Gasteiger partial charge in [0, 0.05) is 28.3 Å². The zero-order valence-corrected chi connectivity index (χ0v) is 15.2. The van der Waals surface area contributed by atoms with Gasteiger partial charge < -0.3 is 10.1 Å². The number of hydrogen-bond donors (Lipinski definition) is 1. The Balaban J connectivity index is 2.10. The summed E-state index contributed by atoms with van der Waals surface area (Å²) >= 11 is 1.74. The zero-order valence-electron chi connectivity index (χ0n) is 14.4. The van der Waals surface area contributed by atoms with Crippen LogP contribution in [-0.2, 0) is 5.75 Å². The number of rotatable bonds is 9. The smallest absolute Gasteiger partial charge is 0.251 e. The molecule has 0 radical (unpaired) electrons. The van der Waals surface area contributed by atoms with Crippen molar-refractivity contribution in [3.63, 3.8) is 0 Å². The molecule has 0 bridgehead atoms. The van der Waals surface area contributed by atoms with Crippen molar-refractivity contribution >= 4 is 17.7 Å². The fraction of sp³-hybridized carbons (Fsp3) is 0.350. The van der Waals surface area contributed by atoms with Crippen LogP contribution in [-0.4, -0.2) is 19.1 Å². The van der Waals surface area contributed by atoms with Crippen LogP contribution in [0.3, 0.4) is 0 Å². The molecule has 1 N–H and O–H groups in total. The van der Waals surface area contributed by atoms with Crippen molar-refractivity contribution < 1.29 is 9.53 Å². The molecule has 0 atom stereocenters. The lowest BCUT2D eigenvalue weighted by atomic mass is 10.1. The summed E-state index contributed by atoms with van der Waals surface area (Å²) in [5, 5.41) is 2.97. The van der Waals surface area contributed by atoms with Gasteiger partial charge in [0.25, 0.3) is 5.91 Å². The van der Waals surface area contributed by atoms with Crippen molar-refractivity contribution in [1.29, 1.82) is 0 Å². The van der Waals surface area contributed by atoms with Crippen molar-refractivity contribution in [3.05, 3.63) is 59.7 Å². The lowest BCUT2D eigenvalue weighted by molar-refractivity contribution is 0.0953. The van der Waals surface area contributed by atoms with Gasteiger partial charge in [0.05, 0.1) is 6.61 Å². The highest BCUT2D eigenvalue weighted by Crippen LogP contribution is 2.29. The fourth-order valence-corrected chi connectivity index (χ4v) is 3.19. The van der Waals surface area contributed by atoms with Crippen molar-refractivity contribution in [3.8, 4) is 5.75 Å². The van der Waals surface area contributed by atoms with Crippen molar-refractivity contribution in [2.24, 2.45) is 0 Å². The van der Waals surface area contributed by atoms with Crippen LogP contribution in [0.4, 0.5) is 0 Å². The van der Waals surface area contributed by atoms with E-state index < -0.39 is 0 Å². The molecule has 0 aromatic heterocycles. The van der Waals surface area contributed by atoms with Gasteiger partial charge in [-0.25, -0.2) is 0 Å². The molecule has 1 amide bonds. The summed E-state index contributed by atoms with van der Waals surface area (Å²) in [5.41, 5.74) is 1.74. The Morgan fingerprint density at radius 3 is 2.62 bits per heavy atom. The van der Waals surface area contributed by atoms with E-state index in [1.165, 1.54) is 4.90 Å². The van der Waals surface area contributed by atoms with E-state index >= 15 is 0 Å². The number of amides is 1. The Morgan fingerprint density at radius 2 is 1.92 bits per heavy atom. The molecule has 24 heavy (non-hydrogen) atoms. The second-order valence-corrected chi connectivity index (χ2v) is 6.52. The Kier molecular flexibility index (Phi) is 7.69. The molecule has 2 aromatic rings. The van der Waals surface area contributed by atoms with Gasteiger partial charge in [-0.3, -0.25) is 4.79 Å². The Morgan fingerprint density at radius 1 is 1.12 bits per heavy atom. The van der Waals surface area contributed by atoms with Gasteiger partial charge in [0.1, 0.15) is 5.75 Å². The Hall–Kier alpha value is -1.94. The quantitative estimate of drug-likeness (QED) is 0.519. The average Bonchev–Trinajstić information content (AvgIpc) is 2.62. The van der Waals surface area contributed by atoms with E-state index in [1.807, 2.05) is 43.3 Å². The van der Waals surface area contributed by atoms with E-state index in [0.717, 1.165) is 36.5 Å². The molecular formula is C20H25NO2S. The number of thioether (sulfide) groups is 1. The lowest BCUT2D eigenvalue weighted by Crippen LogP contribution is -2.24. The average molecular weight is 343 g/mol. The Labute approximate surface area is 148 Å². The molecule has 0 saturated heterocycles. The van der Waals surface area contributed by atoms with E-state index in [4.69, 9.17) is 4.74 Å². The number of carbonyl (C=O) groups excluding carboxylic acids is 1. The predicted molar refractivity (Wildman–Crippen MR) is 101 cm³/mol. The van der Waals surface area contributed by atoms with Crippen LogP contribution >= 0.6 is 11.8 Å². The molecule has 0 aliphatic carbocycles. The fourth-order valence-electron chi connectivity index (χ4n) is 2.29. The summed E-state index contributed by atoms with van der Waals surface area (Å²) in [6.45, 7) is 5.42. The van der Waals surface area contributed by atoms with Crippen molar-refractivity contribution in [2.75, 3.05) is 13.2 Å². The van der Waals surface area contributed by atoms with Crippen LogP contribution in [0.1, 0.15) is 42.6 Å². The van der Waals surface area contributed by atoms with Crippen molar-refractivity contribution in [1.82, 2.24) is 5.32 Å². The molecule has 3 nitrogen and oxygen atoms in total. The van der Waals surface area contributed by atoms with Crippen LogP contribution in [0, 0.1) is 0 Å². The summed E-state index contributed by atoms with van der Waals surface area (Å²) in [5.74, 6) is 1.61. The van der Waals surface area contributed by atoms with Gasteiger partial charge in [-0.1, -0.05) is 31.5 Å². The van der Waals surface area contributed by atoms with Gasteiger partial charge in [-0.15, -0.1) is 11.8 Å². The van der Waals surface area contributed by atoms with Crippen molar-refractivity contribution in [2.45, 2.75) is 37.3 Å². The summed E-state index contributed by atoms with van der Waals surface area (Å²) in [4.78, 5) is 13.5. The molecule has 0 fully saturated rings. The van der Waals surface area contributed by atoms with Crippen LogP contribution in [0.5, 0.6) is 5.75 Å². The second-order valence-electron chi connectivity index (χ2n) is 5.47. The Bertz CT molecular complexity index is 643. The molecule has 2 rings (SSSR count). The number of ether oxygens (including phenoxy) is 1. The highest BCUT2D eigenvalue weighted by atomic mass is 32.2. The van der Waals surface area contributed by atoms with Crippen LogP contribution in [0.25, 0.3) is 0 Å². The van der Waals surface area contributed by atoms with E-state index in [-0.39, 0.29) is 5.91 Å². The van der Waals surface area contributed by atoms with Crippen LogP contribution < -0.4 is 10.1 Å². The van der Waals surface area contributed by atoms with Crippen LogP contribution in [0.2, 0.25) is 0 Å². The summed E-state index contributed by atoms with van der Waals surface area (Å²) < 4.78 is 5.71. The van der Waals surface area contributed by atoms with Gasteiger partial charge in [-0.05, 0) is 43.7 Å². The minimum Gasteiger partial charge on any atom is -0.494 e. The SMILES string of the molecule is CCCCNC(=O)c1ccc(OCC)c(CSc2ccccc2)c1. The highest BCUT2D eigenvalue weighted by molar-refractivity contribution is 7.98. The predicted octanol–water partition coefficient (Wildman–Crippen LogP) is 4.91. The third-order valence-electron chi connectivity index (χ3n) is 3.58. The van der Waals surface area contributed by atoms with Gasteiger partial charge in [0.2, 0.25) is 0 Å². The molecule has 2 aromatic carbocycles. The number of nitrogens with one attached hydrogen (secondary N) is 1. The van der Waals surface area contributed by atoms with E-state index in [1.54, 1.807) is 11.8 Å². The number of benzene rings is 2. The molecule has 0 aliphatic heterocycles. The maximum Gasteiger partial charge on any atom is 0.251 e. The first kappa shape index (κ1) is 18.4. The molecule has 0 saturated carbocycles. The second kappa shape index (κ2) is 10.0.